The molecule has 4 heteroatoms. The molecular weight excluding hydrogens is 276 g/mol. The van der Waals surface area contributed by atoms with Crippen LogP contribution in [0.2, 0.25) is 0 Å². The molecule has 0 aliphatic carbocycles. The quantitative estimate of drug-likeness (QED) is 0.854. The second-order valence-corrected chi connectivity index (χ2v) is 5.46. The van der Waals surface area contributed by atoms with Crippen molar-refractivity contribution in [1.82, 2.24) is 0 Å². The number of anilines is 1. The molecule has 2 aromatic rings. The molecule has 1 heterocycles. The van der Waals surface area contributed by atoms with Gasteiger partial charge in [-0.3, -0.25) is 4.79 Å². The van der Waals surface area contributed by atoms with E-state index in [-0.39, 0.29) is 12.3 Å². The van der Waals surface area contributed by atoms with Crippen LogP contribution in [-0.2, 0) is 0 Å². The third kappa shape index (κ3) is 3.20. The lowest BCUT2D eigenvalue weighted by molar-refractivity contribution is 0.0986. The maximum Gasteiger partial charge on any atom is 0.261 e. The highest BCUT2D eigenvalue weighted by molar-refractivity contribution is 6.06. The third-order valence-corrected chi connectivity index (χ3v) is 3.77. The predicted molar refractivity (Wildman–Crippen MR) is 86.0 cm³/mol. The number of hydrogen-bond donors (Lipinski definition) is 0. The minimum atomic E-state index is -0.132. The molecule has 1 aromatic carbocycles. The fourth-order valence-corrected chi connectivity index (χ4v) is 2.39. The first-order chi connectivity index (χ1) is 10.4. The van der Waals surface area contributed by atoms with E-state index in [0.717, 1.165) is 11.3 Å². The summed E-state index contributed by atoms with van der Waals surface area (Å²) >= 11 is 0. The molecule has 22 heavy (non-hydrogen) atoms. The third-order valence-electron chi connectivity index (χ3n) is 3.77. The van der Waals surface area contributed by atoms with Gasteiger partial charge in [0.25, 0.3) is 5.91 Å². The van der Waals surface area contributed by atoms with Crippen LogP contribution in [0.5, 0.6) is 0 Å². The second kappa shape index (κ2) is 6.48. The maximum absolute atomic E-state index is 12.8. The fraction of sp³-hybridized carbons (Fsp3) is 0.333. The summed E-state index contributed by atoms with van der Waals surface area (Å²) in [6, 6.07) is 9.74. The standard InChI is InChI=1S/C18H20N2O2/c1-12-6-7-16(10-13(12)2)20(9-5-8-19)18(21)17-11-14(3)22-15(17)4/h6-7,10-11H,5,9H2,1-4H3. The number of carbonyl (C=O) groups is 1. The molecule has 0 aliphatic heterocycles. The summed E-state index contributed by atoms with van der Waals surface area (Å²) in [4.78, 5) is 14.5. The highest BCUT2D eigenvalue weighted by Gasteiger charge is 2.22. The molecule has 0 atom stereocenters. The predicted octanol–water partition coefficient (Wildman–Crippen LogP) is 4.07. The van der Waals surface area contributed by atoms with Crippen molar-refractivity contribution in [2.45, 2.75) is 34.1 Å². The van der Waals surface area contributed by atoms with Crippen molar-refractivity contribution >= 4 is 11.6 Å². The van der Waals surface area contributed by atoms with Gasteiger partial charge in [-0.05, 0) is 57.0 Å². The van der Waals surface area contributed by atoms with E-state index in [2.05, 4.69) is 6.07 Å². The van der Waals surface area contributed by atoms with Gasteiger partial charge in [0.1, 0.15) is 11.5 Å². The van der Waals surface area contributed by atoms with Crippen LogP contribution < -0.4 is 4.90 Å². The highest BCUT2D eigenvalue weighted by Crippen LogP contribution is 2.23. The van der Waals surface area contributed by atoms with Gasteiger partial charge in [-0.25, -0.2) is 0 Å². The van der Waals surface area contributed by atoms with Crippen molar-refractivity contribution in [1.29, 1.82) is 5.26 Å². The molecule has 1 amide bonds. The summed E-state index contributed by atoms with van der Waals surface area (Å²) in [5.41, 5.74) is 3.65. The first-order valence-electron chi connectivity index (χ1n) is 7.27. The molecule has 114 valence electrons. The molecule has 0 saturated heterocycles. The Morgan fingerprint density at radius 3 is 2.45 bits per heavy atom. The van der Waals surface area contributed by atoms with E-state index >= 15 is 0 Å². The molecular formula is C18H20N2O2. The van der Waals surface area contributed by atoms with Crippen LogP contribution in [0.3, 0.4) is 0 Å². The number of amides is 1. The van der Waals surface area contributed by atoms with Crippen LogP contribution in [0.15, 0.2) is 28.7 Å². The summed E-state index contributed by atoms with van der Waals surface area (Å²) in [6.07, 6.45) is 0.286. The van der Waals surface area contributed by atoms with Crippen molar-refractivity contribution in [2.75, 3.05) is 11.4 Å². The summed E-state index contributed by atoms with van der Waals surface area (Å²) in [6.45, 7) is 8.01. The lowest BCUT2D eigenvalue weighted by Gasteiger charge is -2.22. The van der Waals surface area contributed by atoms with Gasteiger partial charge in [-0.15, -0.1) is 0 Å². The normalized spacial score (nSPS) is 10.3. The molecule has 0 saturated carbocycles. The summed E-state index contributed by atoms with van der Waals surface area (Å²) in [7, 11) is 0. The van der Waals surface area contributed by atoms with Gasteiger partial charge in [0, 0.05) is 12.2 Å². The van der Waals surface area contributed by atoms with E-state index in [1.807, 2.05) is 39.0 Å². The Labute approximate surface area is 131 Å². The smallest absolute Gasteiger partial charge is 0.261 e. The monoisotopic (exact) mass is 296 g/mol. The Balaban J connectivity index is 2.41. The van der Waals surface area contributed by atoms with Crippen molar-refractivity contribution < 1.29 is 9.21 Å². The van der Waals surface area contributed by atoms with Crippen LogP contribution in [0.25, 0.3) is 0 Å². The SMILES string of the molecule is Cc1cc(C(=O)N(CCC#N)c2ccc(C)c(C)c2)c(C)o1. The number of nitriles is 1. The molecule has 0 spiro atoms. The van der Waals surface area contributed by atoms with Crippen LogP contribution in [-0.4, -0.2) is 12.5 Å². The average molecular weight is 296 g/mol. The number of carbonyl (C=O) groups excluding carboxylic acids is 1. The molecule has 2 rings (SSSR count). The number of benzene rings is 1. The van der Waals surface area contributed by atoms with Crippen molar-refractivity contribution in [3.63, 3.8) is 0 Å². The van der Waals surface area contributed by atoms with Crippen LogP contribution in [0.4, 0.5) is 5.69 Å². The van der Waals surface area contributed by atoms with Gasteiger partial charge in [0.15, 0.2) is 0 Å². The van der Waals surface area contributed by atoms with Gasteiger partial charge < -0.3 is 9.32 Å². The zero-order valence-corrected chi connectivity index (χ0v) is 13.4. The van der Waals surface area contributed by atoms with Gasteiger partial charge in [0.05, 0.1) is 18.1 Å². The summed E-state index contributed by atoms with van der Waals surface area (Å²) < 4.78 is 5.46. The Hall–Kier alpha value is -2.54. The van der Waals surface area contributed by atoms with E-state index in [4.69, 9.17) is 9.68 Å². The molecule has 0 radical (unpaired) electrons. The molecule has 4 nitrogen and oxygen atoms in total. The average Bonchev–Trinajstić information content (AvgIpc) is 2.81. The summed E-state index contributed by atoms with van der Waals surface area (Å²) in [5, 5.41) is 8.87. The van der Waals surface area contributed by atoms with Crippen molar-refractivity contribution in [2.24, 2.45) is 0 Å². The molecule has 0 aliphatic rings. The number of furan rings is 1. The van der Waals surface area contributed by atoms with Gasteiger partial charge >= 0.3 is 0 Å². The maximum atomic E-state index is 12.8. The van der Waals surface area contributed by atoms with Gasteiger partial charge in [-0.1, -0.05) is 6.07 Å². The van der Waals surface area contributed by atoms with E-state index in [1.165, 1.54) is 5.56 Å². The minimum Gasteiger partial charge on any atom is -0.466 e. The van der Waals surface area contributed by atoms with Gasteiger partial charge in [-0.2, -0.15) is 5.26 Å². The van der Waals surface area contributed by atoms with Crippen LogP contribution in [0, 0.1) is 39.0 Å². The van der Waals surface area contributed by atoms with E-state index < -0.39 is 0 Å². The molecule has 0 fully saturated rings. The Bertz CT molecular complexity index is 738. The zero-order valence-electron chi connectivity index (χ0n) is 13.4. The summed E-state index contributed by atoms with van der Waals surface area (Å²) in [5.74, 6) is 1.18. The zero-order chi connectivity index (χ0) is 16.3. The lowest BCUT2D eigenvalue weighted by atomic mass is 10.1. The van der Waals surface area contributed by atoms with E-state index in [0.29, 0.717) is 23.6 Å². The number of aryl methyl sites for hydroxylation is 4. The first-order valence-corrected chi connectivity index (χ1v) is 7.27. The Morgan fingerprint density at radius 2 is 1.91 bits per heavy atom. The topological polar surface area (TPSA) is 57.2 Å². The number of hydrogen-bond acceptors (Lipinski definition) is 3. The Kier molecular flexibility index (Phi) is 4.67. The second-order valence-electron chi connectivity index (χ2n) is 5.46. The lowest BCUT2D eigenvalue weighted by Crippen LogP contribution is -2.32. The van der Waals surface area contributed by atoms with Crippen LogP contribution >= 0.6 is 0 Å². The number of rotatable bonds is 4. The largest absolute Gasteiger partial charge is 0.466 e. The number of nitrogens with zero attached hydrogens (tertiary/aromatic N) is 2. The molecule has 1 aromatic heterocycles. The molecule has 0 bridgehead atoms. The minimum absolute atomic E-state index is 0.132. The molecule has 0 unspecified atom stereocenters. The van der Waals surface area contributed by atoms with E-state index in [1.54, 1.807) is 17.9 Å². The van der Waals surface area contributed by atoms with E-state index in [9.17, 15) is 4.79 Å². The van der Waals surface area contributed by atoms with Crippen molar-refractivity contribution in [3.05, 3.63) is 52.5 Å². The van der Waals surface area contributed by atoms with Crippen LogP contribution in [0.1, 0.15) is 39.4 Å². The molecule has 0 N–H and O–H groups in total. The van der Waals surface area contributed by atoms with Gasteiger partial charge in [0.2, 0.25) is 0 Å². The Morgan fingerprint density at radius 1 is 1.18 bits per heavy atom. The fourth-order valence-electron chi connectivity index (χ4n) is 2.39. The first kappa shape index (κ1) is 15.8. The highest BCUT2D eigenvalue weighted by atomic mass is 16.3. The van der Waals surface area contributed by atoms with Crippen molar-refractivity contribution in [3.8, 4) is 6.07 Å².